The van der Waals surface area contributed by atoms with E-state index in [1.54, 1.807) is 18.5 Å². The number of carbonyl (C=O) groups is 2. The number of hydrogen-bond donors (Lipinski definition) is 2. The van der Waals surface area contributed by atoms with Gasteiger partial charge in [0.1, 0.15) is 6.10 Å². The van der Waals surface area contributed by atoms with Crippen LogP contribution in [0.25, 0.3) is 0 Å². The van der Waals surface area contributed by atoms with Gasteiger partial charge >= 0.3 is 6.03 Å². The maximum absolute atomic E-state index is 12.6. The molecule has 2 aliphatic rings. The summed E-state index contributed by atoms with van der Waals surface area (Å²) in [5.74, 6) is 0.0278. The molecule has 2 aliphatic heterocycles. The van der Waals surface area contributed by atoms with Gasteiger partial charge in [0.15, 0.2) is 0 Å². The summed E-state index contributed by atoms with van der Waals surface area (Å²) in [5, 5.41) is 5.88. The zero-order chi connectivity index (χ0) is 21.0. The maximum Gasteiger partial charge on any atom is 0.317 e. The quantitative estimate of drug-likeness (QED) is 0.814. The molecule has 2 aromatic rings. The third-order valence-corrected chi connectivity index (χ3v) is 6.20. The highest BCUT2D eigenvalue weighted by atomic mass is 16.5. The second kappa shape index (κ2) is 8.83. The van der Waals surface area contributed by atoms with Crippen LogP contribution in [-0.4, -0.2) is 46.6 Å². The number of benzene rings is 1. The summed E-state index contributed by atoms with van der Waals surface area (Å²) < 4.78 is 6.30. The standard InChI is InChI=1S/C23H28N4O3/c1-17-16-27(22(29)25-14-18-6-3-2-4-7-18)13-11-23(17)10-9-20(30-23)21(28)26-19-8-5-12-24-15-19/h2-8,12,15,17,20H,9-11,13-14,16H2,1H3,(H,25,29)(H,26,28)/t17-,20+,23+/m1/s1. The van der Waals surface area contributed by atoms with Crippen molar-refractivity contribution in [2.24, 2.45) is 5.92 Å². The number of hydrogen-bond acceptors (Lipinski definition) is 4. The Morgan fingerprint density at radius 3 is 2.77 bits per heavy atom. The molecular formula is C23H28N4O3. The van der Waals surface area contributed by atoms with Crippen molar-refractivity contribution in [1.82, 2.24) is 15.2 Å². The minimum Gasteiger partial charge on any atom is -0.362 e. The molecule has 3 heterocycles. The van der Waals surface area contributed by atoms with Crippen LogP contribution in [0.15, 0.2) is 54.9 Å². The molecule has 0 saturated carbocycles. The zero-order valence-corrected chi connectivity index (χ0v) is 17.2. The smallest absolute Gasteiger partial charge is 0.317 e. The topological polar surface area (TPSA) is 83.6 Å². The highest BCUT2D eigenvalue weighted by Gasteiger charge is 2.49. The normalized spacial score (nSPS) is 25.8. The number of amides is 3. The van der Waals surface area contributed by atoms with Crippen LogP contribution < -0.4 is 10.6 Å². The Kier molecular flexibility index (Phi) is 5.99. The predicted molar refractivity (Wildman–Crippen MR) is 114 cm³/mol. The number of nitrogens with one attached hydrogen (secondary N) is 2. The molecule has 3 amide bonds. The van der Waals surface area contributed by atoms with Gasteiger partial charge < -0.3 is 20.3 Å². The monoisotopic (exact) mass is 408 g/mol. The van der Waals surface area contributed by atoms with Crippen LogP contribution in [0.1, 0.15) is 31.7 Å². The van der Waals surface area contributed by atoms with Crippen molar-refractivity contribution in [2.75, 3.05) is 18.4 Å². The molecule has 2 saturated heterocycles. The van der Waals surface area contributed by atoms with Gasteiger partial charge in [-0.05, 0) is 37.0 Å². The van der Waals surface area contributed by atoms with Crippen molar-refractivity contribution in [1.29, 1.82) is 0 Å². The summed E-state index contributed by atoms with van der Waals surface area (Å²) in [6.07, 6.45) is 5.09. The van der Waals surface area contributed by atoms with Gasteiger partial charge in [-0.25, -0.2) is 4.79 Å². The molecule has 1 aromatic heterocycles. The van der Waals surface area contributed by atoms with E-state index in [0.717, 1.165) is 18.4 Å². The van der Waals surface area contributed by atoms with Crippen LogP contribution in [0.2, 0.25) is 0 Å². The largest absolute Gasteiger partial charge is 0.362 e. The van der Waals surface area contributed by atoms with Crippen molar-refractivity contribution in [3.05, 3.63) is 60.4 Å². The number of carbonyl (C=O) groups excluding carboxylic acids is 2. The Morgan fingerprint density at radius 1 is 1.20 bits per heavy atom. The molecule has 2 N–H and O–H groups in total. The molecule has 30 heavy (non-hydrogen) atoms. The first-order valence-corrected chi connectivity index (χ1v) is 10.5. The second-order valence-corrected chi connectivity index (χ2v) is 8.18. The molecule has 7 nitrogen and oxygen atoms in total. The van der Waals surface area contributed by atoms with Gasteiger partial charge in [-0.2, -0.15) is 0 Å². The zero-order valence-electron chi connectivity index (χ0n) is 17.2. The summed E-state index contributed by atoms with van der Waals surface area (Å²) in [5.41, 5.74) is 1.41. The van der Waals surface area contributed by atoms with Gasteiger partial charge in [0.2, 0.25) is 0 Å². The average Bonchev–Trinajstić information content (AvgIpc) is 3.21. The minimum atomic E-state index is -0.467. The lowest BCUT2D eigenvalue weighted by Crippen LogP contribution is -2.54. The van der Waals surface area contributed by atoms with Crippen LogP contribution in [0.4, 0.5) is 10.5 Å². The van der Waals surface area contributed by atoms with Crippen molar-refractivity contribution < 1.29 is 14.3 Å². The average molecular weight is 409 g/mol. The molecule has 3 atom stereocenters. The number of nitrogens with zero attached hydrogens (tertiary/aromatic N) is 2. The number of ether oxygens (including phenoxy) is 1. The summed E-state index contributed by atoms with van der Waals surface area (Å²) in [6, 6.07) is 13.4. The van der Waals surface area contributed by atoms with Gasteiger partial charge in [-0.3, -0.25) is 9.78 Å². The van der Waals surface area contributed by atoms with E-state index in [0.29, 0.717) is 31.7 Å². The van der Waals surface area contributed by atoms with E-state index in [-0.39, 0.29) is 23.5 Å². The minimum absolute atomic E-state index is 0.0515. The van der Waals surface area contributed by atoms with Gasteiger partial charge in [-0.15, -0.1) is 0 Å². The molecule has 4 rings (SSSR count). The second-order valence-electron chi connectivity index (χ2n) is 8.18. The summed E-state index contributed by atoms with van der Waals surface area (Å²) in [6.45, 7) is 3.88. The van der Waals surface area contributed by atoms with Crippen molar-refractivity contribution >= 4 is 17.6 Å². The van der Waals surface area contributed by atoms with Gasteiger partial charge in [0, 0.05) is 31.7 Å². The van der Waals surface area contributed by atoms with Crippen LogP contribution >= 0.6 is 0 Å². The molecule has 7 heteroatoms. The number of pyridine rings is 1. The van der Waals surface area contributed by atoms with Crippen molar-refractivity contribution in [3.8, 4) is 0 Å². The van der Waals surface area contributed by atoms with E-state index < -0.39 is 6.10 Å². The molecule has 1 spiro atoms. The SMILES string of the molecule is C[C@@H]1CN(C(=O)NCc2ccccc2)CC[C@@]12CC[C@@H](C(=O)Nc1cccnc1)O2. The number of aromatic nitrogens is 1. The highest BCUT2D eigenvalue weighted by molar-refractivity contribution is 5.94. The molecule has 0 radical (unpaired) electrons. The Labute approximate surface area is 176 Å². The van der Waals surface area contributed by atoms with E-state index in [1.807, 2.05) is 41.3 Å². The predicted octanol–water partition coefficient (Wildman–Crippen LogP) is 3.19. The van der Waals surface area contributed by atoms with E-state index in [1.165, 1.54) is 0 Å². The summed E-state index contributed by atoms with van der Waals surface area (Å²) >= 11 is 0. The summed E-state index contributed by atoms with van der Waals surface area (Å²) in [4.78, 5) is 31.1. The first kappa shape index (κ1) is 20.3. The number of likely N-dealkylation sites (tertiary alicyclic amines) is 1. The van der Waals surface area contributed by atoms with Crippen LogP contribution in [0.3, 0.4) is 0 Å². The number of anilines is 1. The molecule has 0 aliphatic carbocycles. The Bertz CT molecular complexity index is 877. The fourth-order valence-corrected chi connectivity index (χ4v) is 4.40. The van der Waals surface area contributed by atoms with Gasteiger partial charge in [-0.1, -0.05) is 37.3 Å². The molecule has 0 bridgehead atoms. The van der Waals surface area contributed by atoms with Crippen molar-refractivity contribution in [2.45, 2.75) is 44.4 Å². The fraction of sp³-hybridized carbons (Fsp3) is 0.435. The first-order chi connectivity index (χ1) is 14.6. The van der Waals surface area contributed by atoms with Crippen LogP contribution in [0, 0.1) is 5.92 Å². The van der Waals surface area contributed by atoms with E-state index in [4.69, 9.17) is 4.74 Å². The molecule has 0 unspecified atom stereocenters. The number of rotatable bonds is 4. The first-order valence-electron chi connectivity index (χ1n) is 10.5. The number of urea groups is 1. The van der Waals surface area contributed by atoms with Crippen molar-refractivity contribution in [3.63, 3.8) is 0 Å². The lowest BCUT2D eigenvalue weighted by atomic mass is 9.80. The van der Waals surface area contributed by atoms with Gasteiger partial charge in [0.25, 0.3) is 5.91 Å². The Hall–Kier alpha value is -2.93. The fourth-order valence-electron chi connectivity index (χ4n) is 4.40. The third-order valence-electron chi connectivity index (χ3n) is 6.20. The van der Waals surface area contributed by atoms with E-state index in [2.05, 4.69) is 22.5 Å². The van der Waals surface area contributed by atoms with Gasteiger partial charge in [0.05, 0.1) is 17.5 Å². The molecule has 158 valence electrons. The van der Waals surface area contributed by atoms with Crippen LogP contribution in [0.5, 0.6) is 0 Å². The molecule has 2 fully saturated rings. The van der Waals surface area contributed by atoms with Crippen LogP contribution in [-0.2, 0) is 16.1 Å². The molecular weight excluding hydrogens is 380 g/mol. The van der Waals surface area contributed by atoms with E-state index >= 15 is 0 Å². The molecule has 1 aromatic carbocycles. The number of piperidine rings is 1. The third kappa shape index (κ3) is 4.46. The Balaban J connectivity index is 1.29. The highest BCUT2D eigenvalue weighted by Crippen LogP contribution is 2.42. The van der Waals surface area contributed by atoms with E-state index in [9.17, 15) is 9.59 Å². The Morgan fingerprint density at radius 2 is 2.03 bits per heavy atom. The lowest BCUT2D eigenvalue weighted by Gasteiger charge is -2.44. The summed E-state index contributed by atoms with van der Waals surface area (Å²) in [7, 11) is 0. The maximum atomic E-state index is 12.6. The lowest BCUT2D eigenvalue weighted by molar-refractivity contribution is -0.141.